The van der Waals surface area contributed by atoms with Crippen LogP contribution in [-0.2, 0) is 4.79 Å². The van der Waals surface area contributed by atoms with Crippen molar-refractivity contribution < 1.29 is 4.79 Å². The standard InChI is InChI=1S/C10H12Cl2N2O/c1-6-3-8(5-13-9(6)12)14-10(15)7(2)4-11/h3,5,7H,4H2,1-2H3,(H,14,15). The van der Waals surface area contributed by atoms with Crippen molar-refractivity contribution in [3.05, 3.63) is 23.0 Å². The zero-order valence-electron chi connectivity index (χ0n) is 8.55. The van der Waals surface area contributed by atoms with Gasteiger partial charge in [0.05, 0.1) is 11.9 Å². The molecule has 1 heterocycles. The third-order valence-electron chi connectivity index (χ3n) is 1.96. The van der Waals surface area contributed by atoms with Crippen molar-refractivity contribution >= 4 is 34.8 Å². The highest BCUT2D eigenvalue weighted by Gasteiger charge is 2.11. The number of aromatic nitrogens is 1. The third kappa shape index (κ3) is 3.36. The zero-order chi connectivity index (χ0) is 11.4. The topological polar surface area (TPSA) is 42.0 Å². The first-order chi connectivity index (χ1) is 7.04. The van der Waals surface area contributed by atoms with E-state index in [0.717, 1.165) is 5.56 Å². The highest BCUT2D eigenvalue weighted by molar-refractivity contribution is 6.30. The Kier molecular flexibility index (Phi) is 4.36. The lowest BCUT2D eigenvalue weighted by atomic mass is 10.2. The number of alkyl halides is 1. The molecular weight excluding hydrogens is 235 g/mol. The lowest BCUT2D eigenvalue weighted by molar-refractivity contribution is -0.118. The van der Waals surface area contributed by atoms with Crippen LogP contribution in [0.4, 0.5) is 5.69 Å². The molecule has 0 aromatic carbocycles. The van der Waals surface area contributed by atoms with Gasteiger partial charge in [-0.15, -0.1) is 11.6 Å². The van der Waals surface area contributed by atoms with Crippen LogP contribution in [-0.4, -0.2) is 16.8 Å². The fourth-order valence-electron chi connectivity index (χ4n) is 0.962. The Hall–Kier alpha value is -0.800. The Bertz CT molecular complexity index is 368. The second-order valence-corrected chi connectivity index (χ2v) is 4.04. The van der Waals surface area contributed by atoms with Gasteiger partial charge in [0.15, 0.2) is 0 Å². The van der Waals surface area contributed by atoms with Crippen molar-refractivity contribution in [1.29, 1.82) is 0 Å². The van der Waals surface area contributed by atoms with Crippen LogP contribution in [0.2, 0.25) is 5.15 Å². The summed E-state index contributed by atoms with van der Waals surface area (Å²) in [5.41, 5.74) is 1.46. The minimum Gasteiger partial charge on any atom is -0.324 e. The lowest BCUT2D eigenvalue weighted by Gasteiger charge is -2.09. The Morgan fingerprint density at radius 1 is 1.67 bits per heavy atom. The maximum Gasteiger partial charge on any atom is 0.228 e. The zero-order valence-corrected chi connectivity index (χ0v) is 10.1. The monoisotopic (exact) mass is 246 g/mol. The highest BCUT2D eigenvalue weighted by atomic mass is 35.5. The van der Waals surface area contributed by atoms with Crippen LogP contribution in [0.3, 0.4) is 0 Å². The maximum atomic E-state index is 11.5. The highest BCUT2D eigenvalue weighted by Crippen LogP contribution is 2.16. The molecule has 0 bridgehead atoms. The van der Waals surface area contributed by atoms with Gasteiger partial charge >= 0.3 is 0 Å². The number of hydrogen-bond acceptors (Lipinski definition) is 2. The summed E-state index contributed by atoms with van der Waals surface area (Å²) in [5, 5.41) is 3.16. The van der Waals surface area contributed by atoms with Crippen molar-refractivity contribution in [2.45, 2.75) is 13.8 Å². The van der Waals surface area contributed by atoms with E-state index in [9.17, 15) is 4.79 Å². The van der Waals surface area contributed by atoms with Crippen LogP contribution < -0.4 is 5.32 Å². The summed E-state index contributed by atoms with van der Waals surface area (Å²) in [6, 6.07) is 1.77. The minimum atomic E-state index is -0.220. The summed E-state index contributed by atoms with van der Waals surface area (Å²) < 4.78 is 0. The number of amides is 1. The number of carbonyl (C=O) groups is 1. The predicted molar refractivity (Wildman–Crippen MR) is 62.5 cm³/mol. The predicted octanol–water partition coefficient (Wildman–Crippen LogP) is 2.86. The van der Waals surface area contributed by atoms with Gasteiger partial charge in [0.2, 0.25) is 5.91 Å². The van der Waals surface area contributed by atoms with Gasteiger partial charge in [-0.05, 0) is 18.6 Å². The molecule has 0 aliphatic heterocycles. The van der Waals surface area contributed by atoms with E-state index >= 15 is 0 Å². The summed E-state index contributed by atoms with van der Waals surface area (Å²) in [4.78, 5) is 15.4. The molecule has 1 aromatic rings. The molecule has 15 heavy (non-hydrogen) atoms. The molecule has 1 amide bonds. The molecule has 82 valence electrons. The molecule has 1 atom stereocenters. The van der Waals surface area contributed by atoms with Gasteiger partial charge in [0, 0.05) is 11.8 Å². The molecule has 0 aliphatic carbocycles. The molecule has 1 rings (SSSR count). The fraction of sp³-hybridized carbons (Fsp3) is 0.400. The number of hydrogen-bond donors (Lipinski definition) is 1. The van der Waals surface area contributed by atoms with Crippen molar-refractivity contribution in [3.63, 3.8) is 0 Å². The van der Waals surface area contributed by atoms with Crippen molar-refractivity contribution in [3.8, 4) is 0 Å². The van der Waals surface area contributed by atoms with Crippen LogP contribution in [0.5, 0.6) is 0 Å². The summed E-state index contributed by atoms with van der Waals surface area (Å²) in [5.74, 6) is -0.0394. The second-order valence-electron chi connectivity index (χ2n) is 3.38. The number of halogens is 2. The first-order valence-electron chi connectivity index (χ1n) is 4.53. The number of pyridine rings is 1. The van der Waals surface area contributed by atoms with E-state index in [4.69, 9.17) is 23.2 Å². The maximum absolute atomic E-state index is 11.5. The summed E-state index contributed by atoms with van der Waals surface area (Å²) in [6.45, 7) is 3.59. The number of nitrogens with one attached hydrogen (secondary N) is 1. The van der Waals surface area contributed by atoms with Crippen LogP contribution in [0, 0.1) is 12.8 Å². The molecule has 0 saturated heterocycles. The minimum absolute atomic E-state index is 0.117. The molecule has 0 saturated carbocycles. The number of rotatable bonds is 3. The number of anilines is 1. The van der Waals surface area contributed by atoms with Gasteiger partial charge in [0.25, 0.3) is 0 Å². The van der Waals surface area contributed by atoms with Gasteiger partial charge in [-0.2, -0.15) is 0 Å². The van der Waals surface area contributed by atoms with Crippen LogP contribution >= 0.6 is 23.2 Å². The number of nitrogens with zero attached hydrogens (tertiary/aromatic N) is 1. The lowest BCUT2D eigenvalue weighted by Crippen LogP contribution is -2.21. The van der Waals surface area contributed by atoms with Gasteiger partial charge in [0.1, 0.15) is 5.15 Å². The molecular formula is C10H12Cl2N2O. The molecule has 0 fully saturated rings. The van der Waals surface area contributed by atoms with E-state index in [-0.39, 0.29) is 11.8 Å². The average molecular weight is 247 g/mol. The molecule has 1 N–H and O–H groups in total. The molecule has 0 spiro atoms. The normalized spacial score (nSPS) is 12.3. The van der Waals surface area contributed by atoms with E-state index in [1.54, 1.807) is 13.0 Å². The molecule has 1 unspecified atom stereocenters. The van der Waals surface area contributed by atoms with E-state index < -0.39 is 0 Å². The van der Waals surface area contributed by atoms with Crippen LogP contribution in [0.1, 0.15) is 12.5 Å². The third-order valence-corrected chi connectivity index (χ3v) is 2.82. The van der Waals surface area contributed by atoms with E-state index in [1.165, 1.54) is 6.20 Å². The average Bonchev–Trinajstić information content (AvgIpc) is 2.22. The van der Waals surface area contributed by atoms with Crippen LogP contribution in [0.15, 0.2) is 12.3 Å². The van der Waals surface area contributed by atoms with Gasteiger partial charge < -0.3 is 5.32 Å². The first kappa shape index (κ1) is 12.3. The smallest absolute Gasteiger partial charge is 0.228 e. The summed E-state index contributed by atoms with van der Waals surface area (Å²) in [7, 11) is 0. The molecule has 0 radical (unpaired) electrons. The Labute approximate surface area is 98.8 Å². The molecule has 0 aliphatic rings. The van der Waals surface area contributed by atoms with Crippen molar-refractivity contribution in [1.82, 2.24) is 4.98 Å². The Morgan fingerprint density at radius 3 is 2.87 bits per heavy atom. The van der Waals surface area contributed by atoms with Crippen molar-refractivity contribution in [2.75, 3.05) is 11.2 Å². The van der Waals surface area contributed by atoms with Gasteiger partial charge in [-0.3, -0.25) is 4.79 Å². The van der Waals surface area contributed by atoms with Gasteiger partial charge in [-0.1, -0.05) is 18.5 Å². The van der Waals surface area contributed by atoms with E-state index in [2.05, 4.69) is 10.3 Å². The van der Waals surface area contributed by atoms with Crippen LogP contribution in [0.25, 0.3) is 0 Å². The first-order valence-corrected chi connectivity index (χ1v) is 5.44. The summed E-state index contributed by atoms with van der Waals surface area (Å²) in [6.07, 6.45) is 1.52. The van der Waals surface area contributed by atoms with E-state index in [1.807, 2.05) is 6.92 Å². The quantitative estimate of drug-likeness (QED) is 0.659. The fourth-order valence-corrected chi connectivity index (χ4v) is 1.21. The Balaban J connectivity index is 2.73. The van der Waals surface area contributed by atoms with Crippen molar-refractivity contribution in [2.24, 2.45) is 5.92 Å². The molecule has 1 aromatic heterocycles. The van der Waals surface area contributed by atoms with E-state index in [0.29, 0.717) is 16.7 Å². The molecule has 5 heteroatoms. The van der Waals surface area contributed by atoms with Gasteiger partial charge in [-0.25, -0.2) is 4.98 Å². The number of aryl methyl sites for hydroxylation is 1. The summed E-state index contributed by atoms with van der Waals surface area (Å²) >= 11 is 11.3. The Morgan fingerprint density at radius 2 is 2.33 bits per heavy atom. The molecule has 3 nitrogen and oxygen atoms in total. The number of carbonyl (C=O) groups excluding carboxylic acids is 1. The second kappa shape index (κ2) is 5.33. The SMILES string of the molecule is Cc1cc(NC(=O)C(C)CCl)cnc1Cl. The largest absolute Gasteiger partial charge is 0.324 e.